The van der Waals surface area contributed by atoms with Gasteiger partial charge in [0, 0.05) is 35.1 Å². The van der Waals surface area contributed by atoms with Gasteiger partial charge in [0.15, 0.2) is 11.5 Å². The Balaban J connectivity index is 1.39. The van der Waals surface area contributed by atoms with Crippen LogP contribution >= 0.6 is 0 Å². The van der Waals surface area contributed by atoms with Crippen LogP contribution in [0.2, 0.25) is 0 Å². The molecule has 4 aromatic carbocycles. The molecule has 0 amide bonds. The smallest absolute Gasteiger partial charge is 0.161 e. The van der Waals surface area contributed by atoms with Crippen LogP contribution in [0.1, 0.15) is 42.2 Å². The molecule has 1 unspecified atom stereocenters. The molecular formula is C34H33NO4. The van der Waals surface area contributed by atoms with Gasteiger partial charge in [-0.25, -0.2) is 0 Å². The van der Waals surface area contributed by atoms with Crippen LogP contribution in [0.3, 0.4) is 0 Å². The van der Waals surface area contributed by atoms with Crippen LogP contribution in [0.4, 0.5) is 5.69 Å². The molecule has 0 saturated carbocycles. The van der Waals surface area contributed by atoms with E-state index in [1.54, 1.807) is 14.2 Å². The monoisotopic (exact) mass is 519 g/mol. The van der Waals surface area contributed by atoms with E-state index < -0.39 is 0 Å². The molecule has 3 aliphatic rings. The largest absolute Gasteiger partial charge is 0.493 e. The maximum absolute atomic E-state index is 6.89. The van der Waals surface area contributed by atoms with E-state index in [1.165, 1.54) is 27.9 Å². The zero-order valence-electron chi connectivity index (χ0n) is 22.9. The molecule has 4 aromatic rings. The Morgan fingerprint density at radius 3 is 2.28 bits per heavy atom. The summed E-state index contributed by atoms with van der Waals surface area (Å²) in [6.07, 6.45) is 4.28. The van der Waals surface area contributed by atoms with Crippen LogP contribution in [0.5, 0.6) is 17.2 Å². The molecule has 0 aromatic heterocycles. The second-order valence-corrected chi connectivity index (χ2v) is 11.0. The summed E-state index contributed by atoms with van der Waals surface area (Å²) in [7, 11) is 3.37. The zero-order chi connectivity index (χ0) is 26.7. The van der Waals surface area contributed by atoms with Crippen molar-refractivity contribution < 1.29 is 18.9 Å². The van der Waals surface area contributed by atoms with Crippen molar-refractivity contribution in [2.24, 2.45) is 0 Å². The Morgan fingerprint density at radius 1 is 0.872 bits per heavy atom. The summed E-state index contributed by atoms with van der Waals surface area (Å²) in [6.45, 7) is 8.03. The van der Waals surface area contributed by atoms with Gasteiger partial charge in [0.1, 0.15) is 11.9 Å². The number of methoxy groups -OCH3 is 2. The summed E-state index contributed by atoms with van der Waals surface area (Å²) in [6, 6.07) is 21.7. The zero-order valence-corrected chi connectivity index (χ0v) is 22.9. The first-order valence-electron chi connectivity index (χ1n) is 13.6. The van der Waals surface area contributed by atoms with Gasteiger partial charge >= 0.3 is 0 Å². The van der Waals surface area contributed by atoms with Gasteiger partial charge in [-0.2, -0.15) is 0 Å². The molecule has 1 aliphatic carbocycles. The molecule has 0 spiro atoms. The first-order chi connectivity index (χ1) is 19.0. The third-order valence-electron chi connectivity index (χ3n) is 8.58. The van der Waals surface area contributed by atoms with E-state index in [0.717, 1.165) is 59.7 Å². The molecular weight excluding hydrogens is 486 g/mol. The van der Waals surface area contributed by atoms with Gasteiger partial charge in [-0.3, -0.25) is 0 Å². The van der Waals surface area contributed by atoms with Gasteiger partial charge in [0.05, 0.1) is 27.4 Å². The summed E-state index contributed by atoms with van der Waals surface area (Å²) in [5.74, 6) is 2.31. The van der Waals surface area contributed by atoms with Gasteiger partial charge in [-0.05, 0) is 63.5 Å². The van der Waals surface area contributed by atoms with E-state index in [2.05, 4.69) is 91.6 Å². The minimum atomic E-state index is -0.183. The van der Waals surface area contributed by atoms with Gasteiger partial charge in [-0.1, -0.05) is 56.3 Å². The Morgan fingerprint density at radius 2 is 1.56 bits per heavy atom. The molecule has 5 nitrogen and oxygen atoms in total. The quantitative estimate of drug-likeness (QED) is 0.286. The van der Waals surface area contributed by atoms with Crippen molar-refractivity contribution in [3.8, 4) is 28.4 Å². The highest BCUT2D eigenvalue weighted by Crippen LogP contribution is 2.58. The third-order valence-corrected chi connectivity index (χ3v) is 8.58. The number of morpholine rings is 1. The molecule has 1 atom stereocenters. The number of hydrogen-bond donors (Lipinski definition) is 0. The van der Waals surface area contributed by atoms with Crippen LogP contribution in [0, 0.1) is 0 Å². The maximum atomic E-state index is 6.89. The second kappa shape index (κ2) is 9.06. The van der Waals surface area contributed by atoms with Gasteiger partial charge in [0.2, 0.25) is 0 Å². The van der Waals surface area contributed by atoms with Crippen molar-refractivity contribution in [3.63, 3.8) is 0 Å². The van der Waals surface area contributed by atoms with Crippen molar-refractivity contribution in [1.29, 1.82) is 0 Å². The normalized spacial score (nSPS) is 18.8. The van der Waals surface area contributed by atoms with Crippen molar-refractivity contribution >= 4 is 22.5 Å². The molecule has 2 heterocycles. The predicted molar refractivity (Wildman–Crippen MR) is 156 cm³/mol. The van der Waals surface area contributed by atoms with Crippen molar-refractivity contribution in [2.45, 2.75) is 25.4 Å². The Bertz CT molecular complexity index is 1610. The molecule has 0 N–H and O–H groups in total. The fourth-order valence-electron chi connectivity index (χ4n) is 6.62. The SMILES string of the molecule is COc1cc2c3c(c4c(c2cc1OC)-c1ccccc1C4(C)C)C=CC(c1ccc(N2CCOCC2)cc1)O3. The maximum Gasteiger partial charge on any atom is 0.161 e. The fraction of sp³-hybridized carbons (Fsp3) is 0.294. The number of fused-ring (bicyclic) bond motifs is 8. The van der Waals surface area contributed by atoms with Crippen molar-refractivity contribution in [2.75, 3.05) is 45.4 Å². The first-order valence-corrected chi connectivity index (χ1v) is 13.6. The van der Waals surface area contributed by atoms with Crippen LogP contribution in [-0.2, 0) is 10.2 Å². The van der Waals surface area contributed by atoms with Gasteiger partial charge < -0.3 is 23.8 Å². The lowest BCUT2D eigenvalue weighted by atomic mass is 9.78. The minimum absolute atomic E-state index is 0.169. The lowest BCUT2D eigenvalue weighted by Crippen LogP contribution is -2.36. The van der Waals surface area contributed by atoms with Crippen molar-refractivity contribution in [3.05, 3.63) is 89.0 Å². The molecule has 39 heavy (non-hydrogen) atoms. The molecule has 1 fully saturated rings. The number of rotatable bonds is 4. The van der Waals surface area contributed by atoms with Crippen molar-refractivity contribution in [1.82, 2.24) is 0 Å². The molecule has 0 radical (unpaired) electrons. The number of ether oxygens (including phenoxy) is 4. The van der Waals surface area contributed by atoms with Crippen LogP contribution in [0.15, 0.2) is 66.7 Å². The highest BCUT2D eigenvalue weighted by molar-refractivity contribution is 6.09. The second-order valence-electron chi connectivity index (χ2n) is 11.0. The van der Waals surface area contributed by atoms with E-state index in [4.69, 9.17) is 18.9 Å². The lowest BCUT2D eigenvalue weighted by Gasteiger charge is -2.31. The molecule has 5 heteroatoms. The summed E-state index contributed by atoms with van der Waals surface area (Å²) in [4.78, 5) is 2.37. The van der Waals surface area contributed by atoms with E-state index in [0.29, 0.717) is 5.75 Å². The minimum Gasteiger partial charge on any atom is -0.493 e. The highest BCUT2D eigenvalue weighted by atomic mass is 16.5. The average molecular weight is 520 g/mol. The van der Waals surface area contributed by atoms with Gasteiger partial charge in [0.25, 0.3) is 0 Å². The Kier molecular flexibility index (Phi) is 5.60. The molecule has 0 bridgehead atoms. The molecule has 7 rings (SSSR count). The highest BCUT2D eigenvalue weighted by Gasteiger charge is 2.41. The average Bonchev–Trinajstić information content (AvgIpc) is 3.24. The third kappa shape index (κ3) is 3.64. The van der Waals surface area contributed by atoms with Crippen LogP contribution < -0.4 is 19.1 Å². The summed E-state index contributed by atoms with van der Waals surface area (Å²) >= 11 is 0. The van der Waals surface area contributed by atoms with Crippen LogP contribution in [-0.4, -0.2) is 40.5 Å². The topological polar surface area (TPSA) is 40.2 Å². The summed E-state index contributed by atoms with van der Waals surface area (Å²) < 4.78 is 23.9. The van der Waals surface area contributed by atoms with E-state index in [-0.39, 0.29) is 11.5 Å². The van der Waals surface area contributed by atoms with E-state index in [1.807, 2.05) is 0 Å². The van der Waals surface area contributed by atoms with Crippen LogP contribution in [0.25, 0.3) is 28.0 Å². The summed E-state index contributed by atoms with van der Waals surface area (Å²) in [5.41, 5.74) is 8.49. The summed E-state index contributed by atoms with van der Waals surface area (Å²) in [5, 5.41) is 2.16. The molecule has 198 valence electrons. The fourth-order valence-corrected chi connectivity index (χ4v) is 6.62. The van der Waals surface area contributed by atoms with Gasteiger partial charge in [-0.15, -0.1) is 0 Å². The Hall–Kier alpha value is -3.96. The molecule has 2 aliphatic heterocycles. The first kappa shape index (κ1) is 24.1. The molecule has 1 saturated heterocycles. The number of nitrogens with zero attached hydrogens (tertiary/aromatic N) is 1. The predicted octanol–water partition coefficient (Wildman–Crippen LogP) is 7.15. The van der Waals surface area contributed by atoms with E-state index in [9.17, 15) is 0 Å². The number of benzene rings is 4. The number of hydrogen-bond acceptors (Lipinski definition) is 5. The Labute approximate surface area is 229 Å². The lowest BCUT2D eigenvalue weighted by molar-refractivity contribution is 0.122. The van der Waals surface area contributed by atoms with E-state index >= 15 is 0 Å². The standard InChI is InChI=1S/C34H33NO4/c1-34(2)27-8-6-5-7-23(27)31-25-19-29(36-3)30(37-4)20-26(25)33-24(32(31)34)13-14-28(39-33)21-9-11-22(12-10-21)35-15-17-38-18-16-35/h5-14,19-20,28H,15-18H2,1-4H3. The number of anilines is 1.